The van der Waals surface area contributed by atoms with Crippen molar-refractivity contribution in [3.8, 4) is 0 Å². The lowest BCUT2D eigenvalue weighted by Crippen LogP contribution is -2.25. The molecular weight excluding hydrogens is 358 g/mol. The maximum atomic E-state index is 12.8. The Morgan fingerprint density at radius 2 is 1.85 bits per heavy atom. The van der Waals surface area contributed by atoms with Crippen molar-refractivity contribution in [3.63, 3.8) is 0 Å². The van der Waals surface area contributed by atoms with Crippen molar-refractivity contribution in [3.05, 3.63) is 64.4 Å². The molecule has 2 aromatic carbocycles. The molecule has 0 saturated carbocycles. The third-order valence-electron chi connectivity index (χ3n) is 4.30. The van der Waals surface area contributed by atoms with Crippen LogP contribution >= 0.6 is 11.8 Å². The van der Waals surface area contributed by atoms with Gasteiger partial charge in [-0.25, -0.2) is 4.98 Å². The van der Waals surface area contributed by atoms with Crippen molar-refractivity contribution in [2.75, 3.05) is 11.1 Å². The number of aromatic nitrogens is 2. The van der Waals surface area contributed by atoms with Crippen LogP contribution in [0.2, 0.25) is 0 Å². The molecular formula is C21H23N3O2S. The van der Waals surface area contributed by atoms with Gasteiger partial charge in [0.2, 0.25) is 5.91 Å². The van der Waals surface area contributed by atoms with Crippen LogP contribution < -0.4 is 10.9 Å². The van der Waals surface area contributed by atoms with Crippen LogP contribution in [0.5, 0.6) is 0 Å². The van der Waals surface area contributed by atoms with Crippen molar-refractivity contribution in [1.29, 1.82) is 0 Å². The molecule has 0 spiro atoms. The molecule has 0 atom stereocenters. The van der Waals surface area contributed by atoms with Crippen LogP contribution in [0.3, 0.4) is 0 Å². The summed E-state index contributed by atoms with van der Waals surface area (Å²) in [6.07, 6.45) is 0.850. The Labute approximate surface area is 162 Å². The van der Waals surface area contributed by atoms with Crippen LogP contribution in [0.1, 0.15) is 32.4 Å². The zero-order valence-electron chi connectivity index (χ0n) is 15.7. The maximum absolute atomic E-state index is 12.8. The van der Waals surface area contributed by atoms with E-state index in [4.69, 9.17) is 0 Å². The number of aryl methyl sites for hydroxylation is 1. The van der Waals surface area contributed by atoms with Crippen LogP contribution in [0, 0.1) is 0 Å². The van der Waals surface area contributed by atoms with E-state index in [1.165, 1.54) is 11.8 Å². The number of hydrogen-bond acceptors (Lipinski definition) is 4. The molecule has 0 saturated heterocycles. The number of fused-ring (bicyclic) bond motifs is 1. The van der Waals surface area contributed by atoms with Crippen molar-refractivity contribution in [2.24, 2.45) is 0 Å². The zero-order valence-corrected chi connectivity index (χ0v) is 16.5. The summed E-state index contributed by atoms with van der Waals surface area (Å²) >= 11 is 1.29. The summed E-state index contributed by atoms with van der Waals surface area (Å²) in [4.78, 5) is 29.9. The van der Waals surface area contributed by atoms with Gasteiger partial charge in [-0.3, -0.25) is 14.2 Å². The highest BCUT2D eigenvalue weighted by Gasteiger charge is 2.15. The number of nitrogens with zero attached hydrogens (tertiary/aromatic N) is 2. The molecule has 0 bridgehead atoms. The fourth-order valence-corrected chi connectivity index (χ4v) is 3.88. The van der Waals surface area contributed by atoms with E-state index in [9.17, 15) is 9.59 Å². The van der Waals surface area contributed by atoms with Crippen molar-refractivity contribution in [2.45, 2.75) is 38.4 Å². The number of rotatable bonds is 6. The van der Waals surface area contributed by atoms with Crippen molar-refractivity contribution < 1.29 is 4.79 Å². The minimum absolute atomic E-state index is 0.0408. The normalized spacial score (nSPS) is 11.1. The molecule has 1 heterocycles. The average Bonchev–Trinajstić information content (AvgIpc) is 2.66. The molecule has 3 aromatic rings. The Balaban J connectivity index is 1.83. The van der Waals surface area contributed by atoms with Gasteiger partial charge in [0.05, 0.1) is 16.7 Å². The van der Waals surface area contributed by atoms with Crippen LogP contribution in [0.15, 0.2) is 58.5 Å². The Bertz CT molecular complexity index is 1030. The lowest BCUT2D eigenvalue weighted by atomic mass is 10.1. The van der Waals surface area contributed by atoms with Gasteiger partial charge >= 0.3 is 0 Å². The van der Waals surface area contributed by atoms with E-state index in [1.54, 1.807) is 10.6 Å². The SMILES string of the molecule is CCc1ccccc1NC(=O)CSc1nc2ccccc2c(=O)n1C(C)C. The third-order valence-corrected chi connectivity index (χ3v) is 5.25. The number of amides is 1. The first kappa shape index (κ1) is 19.2. The molecule has 27 heavy (non-hydrogen) atoms. The topological polar surface area (TPSA) is 64.0 Å². The second-order valence-electron chi connectivity index (χ2n) is 6.53. The lowest BCUT2D eigenvalue weighted by Gasteiger charge is -2.16. The largest absolute Gasteiger partial charge is 0.325 e. The summed E-state index contributed by atoms with van der Waals surface area (Å²) < 4.78 is 1.65. The van der Waals surface area contributed by atoms with E-state index in [1.807, 2.05) is 56.3 Å². The summed E-state index contributed by atoms with van der Waals surface area (Å²) in [6, 6.07) is 15.0. The summed E-state index contributed by atoms with van der Waals surface area (Å²) in [5.41, 5.74) is 2.51. The summed E-state index contributed by atoms with van der Waals surface area (Å²) in [5, 5.41) is 4.11. The van der Waals surface area contributed by atoms with Gasteiger partial charge in [-0.15, -0.1) is 0 Å². The highest BCUT2D eigenvalue weighted by atomic mass is 32.2. The van der Waals surface area contributed by atoms with Crippen LogP contribution in [-0.2, 0) is 11.2 Å². The quantitative estimate of drug-likeness (QED) is 0.512. The van der Waals surface area contributed by atoms with Gasteiger partial charge in [-0.1, -0.05) is 49.0 Å². The van der Waals surface area contributed by atoms with E-state index in [0.29, 0.717) is 16.1 Å². The standard InChI is InChI=1S/C21H23N3O2S/c1-4-15-9-5-7-11-17(15)22-19(25)13-27-21-23-18-12-8-6-10-16(18)20(26)24(21)14(2)3/h5-12,14H,4,13H2,1-3H3,(H,22,25). The first-order valence-corrected chi connectivity index (χ1v) is 10.0. The van der Waals surface area contributed by atoms with Gasteiger partial charge in [-0.2, -0.15) is 0 Å². The fourth-order valence-electron chi connectivity index (χ4n) is 2.95. The van der Waals surface area contributed by atoms with Crippen LogP contribution in [0.4, 0.5) is 5.69 Å². The van der Waals surface area contributed by atoms with Crippen LogP contribution in [0.25, 0.3) is 10.9 Å². The van der Waals surface area contributed by atoms with Gasteiger partial charge in [0, 0.05) is 11.7 Å². The van der Waals surface area contributed by atoms with Gasteiger partial charge in [-0.05, 0) is 44.0 Å². The molecule has 140 valence electrons. The van der Waals surface area contributed by atoms with E-state index in [2.05, 4.69) is 17.2 Å². The molecule has 5 nitrogen and oxygen atoms in total. The van der Waals surface area contributed by atoms with Crippen molar-refractivity contribution in [1.82, 2.24) is 9.55 Å². The third kappa shape index (κ3) is 4.22. The number of benzene rings is 2. The number of carbonyl (C=O) groups is 1. The minimum atomic E-state index is -0.112. The predicted molar refractivity (Wildman–Crippen MR) is 112 cm³/mol. The predicted octanol–water partition coefficient (Wildman–Crippen LogP) is 4.27. The molecule has 3 rings (SSSR count). The molecule has 1 N–H and O–H groups in total. The second kappa shape index (κ2) is 8.39. The number of hydrogen-bond donors (Lipinski definition) is 1. The summed E-state index contributed by atoms with van der Waals surface area (Å²) in [7, 11) is 0. The average molecular weight is 382 g/mol. The van der Waals surface area contributed by atoms with Gasteiger partial charge < -0.3 is 5.32 Å². The van der Waals surface area contributed by atoms with Gasteiger partial charge in [0.25, 0.3) is 5.56 Å². The molecule has 0 aliphatic rings. The Morgan fingerprint density at radius 1 is 1.15 bits per heavy atom. The number of carbonyl (C=O) groups excluding carboxylic acids is 1. The molecule has 1 aromatic heterocycles. The van der Waals surface area contributed by atoms with E-state index in [-0.39, 0.29) is 23.3 Å². The fraction of sp³-hybridized carbons (Fsp3) is 0.286. The first-order chi connectivity index (χ1) is 13.0. The smallest absolute Gasteiger partial charge is 0.262 e. The number of anilines is 1. The minimum Gasteiger partial charge on any atom is -0.325 e. The lowest BCUT2D eigenvalue weighted by molar-refractivity contribution is -0.113. The molecule has 6 heteroatoms. The second-order valence-corrected chi connectivity index (χ2v) is 7.47. The Morgan fingerprint density at radius 3 is 2.59 bits per heavy atom. The van der Waals surface area contributed by atoms with E-state index < -0.39 is 0 Å². The molecule has 1 amide bonds. The van der Waals surface area contributed by atoms with Crippen LogP contribution in [-0.4, -0.2) is 21.2 Å². The maximum Gasteiger partial charge on any atom is 0.262 e. The summed E-state index contributed by atoms with van der Waals surface area (Å²) in [5.74, 6) is 0.0776. The molecule has 0 unspecified atom stereocenters. The monoisotopic (exact) mass is 381 g/mol. The summed E-state index contributed by atoms with van der Waals surface area (Å²) in [6.45, 7) is 5.94. The van der Waals surface area contributed by atoms with Gasteiger partial charge in [0.1, 0.15) is 0 Å². The number of nitrogens with one attached hydrogen (secondary N) is 1. The van der Waals surface area contributed by atoms with Crippen molar-refractivity contribution >= 4 is 34.3 Å². The number of para-hydroxylation sites is 2. The van der Waals surface area contributed by atoms with E-state index in [0.717, 1.165) is 17.7 Å². The Kier molecular flexibility index (Phi) is 5.96. The number of thioether (sulfide) groups is 1. The highest BCUT2D eigenvalue weighted by molar-refractivity contribution is 7.99. The molecule has 0 fully saturated rings. The zero-order chi connectivity index (χ0) is 19.4. The molecule has 0 radical (unpaired) electrons. The molecule has 0 aliphatic heterocycles. The van der Waals surface area contributed by atoms with Gasteiger partial charge in [0.15, 0.2) is 5.16 Å². The highest BCUT2D eigenvalue weighted by Crippen LogP contribution is 2.22. The van der Waals surface area contributed by atoms with E-state index >= 15 is 0 Å². The Hall–Kier alpha value is -2.60. The molecule has 0 aliphatic carbocycles. The first-order valence-electron chi connectivity index (χ1n) is 9.03.